The number of phenolic OH excluding ortho intramolecular Hbond substituents is 1. The summed E-state index contributed by atoms with van der Waals surface area (Å²) in [6.07, 6.45) is 5.21. The molecule has 20 heavy (non-hydrogen) atoms. The monoisotopic (exact) mass is 279 g/mol. The highest BCUT2D eigenvalue weighted by molar-refractivity contribution is 5.52. The van der Waals surface area contributed by atoms with E-state index in [4.69, 9.17) is 9.47 Å². The molecule has 1 saturated carbocycles. The lowest BCUT2D eigenvalue weighted by Crippen LogP contribution is -2.36. The van der Waals surface area contributed by atoms with Crippen molar-refractivity contribution >= 4 is 0 Å². The maximum atomic E-state index is 9.90. The van der Waals surface area contributed by atoms with Gasteiger partial charge in [-0.1, -0.05) is 19.8 Å². The lowest BCUT2D eigenvalue weighted by atomic mass is 9.86. The summed E-state index contributed by atoms with van der Waals surface area (Å²) >= 11 is 0. The molecule has 112 valence electrons. The molecule has 2 rings (SSSR count). The van der Waals surface area contributed by atoms with E-state index in [-0.39, 0.29) is 5.75 Å². The molecule has 0 bridgehead atoms. The van der Waals surface area contributed by atoms with Gasteiger partial charge >= 0.3 is 0 Å². The Balaban J connectivity index is 2.05. The first-order valence-electron chi connectivity index (χ1n) is 7.33. The van der Waals surface area contributed by atoms with Gasteiger partial charge in [0.2, 0.25) is 5.75 Å². The number of methoxy groups -OCH3 is 2. The molecule has 2 atom stereocenters. The fourth-order valence-electron chi connectivity index (χ4n) is 2.92. The summed E-state index contributed by atoms with van der Waals surface area (Å²) in [7, 11) is 3.10. The van der Waals surface area contributed by atoms with Crippen molar-refractivity contribution in [3.63, 3.8) is 0 Å². The number of nitrogens with one attached hydrogen (secondary N) is 1. The molecule has 4 heteroatoms. The Kier molecular flexibility index (Phi) is 5.12. The Bertz CT molecular complexity index is 422. The van der Waals surface area contributed by atoms with E-state index in [9.17, 15) is 5.11 Å². The number of rotatable bonds is 5. The van der Waals surface area contributed by atoms with Crippen molar-refractivity contribution in [2.45, 2.75) is 45.2 Å². The summed E-state index contributed by atoms with van der Waals surface area (Å²) in [5, 5.41) is 13.5. The van der Waals surface area contributed by atoms with Crippen LogP contribution in [0.2, 0.25) is 0 Å². The number of ether oxygens (including phenoxy) is 2. The van der Waals surface area contributed by atoms with E-state index in [0.29, 0.717) is 17.5 Å². The fraction of sp³-hybridized carbons (Fsp3) is 0.625. The van der Waals surface area contributed by atoms with E-state index in [1.165, 1.54) is 25.7 Å². The molecule has 0 radical (unpaired) electrons. The molecule has 2 N–H and O–H groups in total. The van der Waals surface area contributed by atoms with Crippen LogP contribution in [0.1, 0.15) is 38.2 Å². The third-order valence-corrected chi connectivity index (χ3v) is 4.22. The number of hydrogen-bond donors (Lipinski definition) is 2. The molecule has 4 nitrogen and oxygen atoms in total. The van der Waals surface area contributed by atoms with E-state index in [0.717, 1.165) is 18.0 Å². The van der Waals surface area contributed by atoms with Gasteiger partial charge in [0.1, 0.15) is 0 Å². The van der Waals surface area contributed by atoms with Crippen molar-refractivity contribution in [1.29, 1.82) is 0 Å². The number of hydrogen-bond acceptors (Lipinski definition) is 4. The third kappa shape index (κ3) is 3.37. The number of aromatic hydroxyl groups is 1. The van der Waals surface area contributed by atoms with Crippen LogP contribution in [-0.4, -0.2) is 25.4 Å². The smallest absolute Gasteiger partial charge is 0.200 e. The van der Waals surface area contributed by atoms with Gasteiger partial charge in [0.15, 0.2) is 11.5 Å². The molecule has 0 spiro atoms. The summed E-state index contributed by atoms with van der Waals surface area (Å²) in [5.41, 5.74) is 1.06. The fourth-order valence-corrected chi connectivity index (χ4v) is 2.92. The Labute approximate surface area is 121 Å². The van der Waals surface area contributed by atoms with E-state index in [1.54, 1.807) is 14.2 Å². The first-order chi connectivity index (χ1) is 9.65. The highest BCUT2D eigenvalue weighted by Crippen LogP contribution is 2.37. The lowest BCUT2D eigenvalue weighted by Gasteiger charge is -2.29. The summed E-state index contributed by atoms with van der Waals surface area (Å²) in [4.78, 5) is 0. The average molecular weight is 279 g/mol. The van der Waals surface area contributed by atoms with E-state index in [2.05, 4.69) is 12.2 Å². The van der Waals surface area contributed by atoms with Crippen LogP contribution in [0.25, 0.3) is 0 Å². The van der Waals surface area contributed by atoms with Crippen molar-refractivity contribution in [3.05, 3.63) is 17.7 Å². The van der Waals surface area contributed by atoms with Crippen molar-refractivity contribution in [3.8, 4) is 17.2 Å². The summed E-state index contributed by atoms with van der Waals surface area (Å²) in [5.74, 6) is 1.70. The van der Waals surface area contributed by atoms with E-state index in [1.807, 2.05) is 12.1 Å². The summed E-state index contributed by atoms with van der Waals surface area (Å²) in [6.45, 7) is 3.08. The molecule has 2 unspecified atom stereocenters. The van der Waals surface area contributed by atoms with Crippen LogP contribution < -0.4 is 14.8 Å². The zero-order chi connectivity index (χ0) is 14.5. The third-order valence-electron chi connectivity index (χ3n) is 4.22. The molecule has 0 saturated heterocycles. The van der Waals surface area contributed by atoms with Gasteiger partial charge in [0.05, 0.1) is 14.2 Å². The van der Waals surface area contributed by atoms with Gasteiger partial charge in [-0.15, -0.1) is 0 Å². The molecule has 0 aromatic heterocycles. The number of benzene rings is 1. The topological polar surface area (TPSA) is 50.7 Å². The Morgan fingerprint density at radius 2 is 1.75 bits per heavy atom. The molecule has 1 aromatic carbocycles. The summed E-state index contributed by atoms with van der Waals surface area (Å²) < 4.78 is 10.4. The number of phenols is 1. The van der Waals surface area contributed by atoms with Crippen LogP contribution in [0.3, 0.4) is 0 Å². The van der Waals surface area contributed by atoms with Crippen molar-refractivity contribution < 1.29 is 14.6 Å². The van der Waals surface area contributed by atoms with Crippen LogP contribution in [-0.2, 0) is 6.54 Å². The molecular formula is C16H25NO3. The van der Waals surface area contributed by atoms with Gasteiger partial charge < -0.3 is 19.9 Å². The van der Waals surface area contributed by atoms with Crippen molar-refractivity contribution in [2.75, 3.05) is 14.2 Å². The average Bonchev–Trinajstić information content (AvgIpc) is 2.47. The minimum Gasteiger partial charge on any atom is -0.502 e. The predicted octanol–water partition coefficient (Wildman–Crippen LogP) is 3.08. The van der Waals surface area contributed by atoms with E-state index < -0.39 is 0 Å². The predicted molar refractivity (Wildman–Crippen MR) is 79.5 cm³/mol. The van der Waals surface area contributed by atoms with Gasteiger partial charge in [0, 0.05) is 12.6 Å². The largest absolute Gasteiger partial charge is 0.502 e. The lowest BCUT2D eigenvalue weighted by molar-refractivity contribution is 0.279. The molecule has 1 aliphatic rings. The molecule has 0 heterocycles. The second-order valence-electron chi connectivity index (χ2n) is 5.60. The Morgan fingerprint density at radius 1 is 1.15 bits per heavy atom. The van der Waals surface area contributed by atoms with Crippen LogP contribution in [0.15, 0.2) is 12.1 Å². The Morgan fingerprint density at radius 3 is 2.30 bits per heavy atom. The zero-order valence-corrected chi connectivity index (χ0v) is 12.6. The second-order valence-corrected chi connectivity index (χ2v) is 5.60. The van der Waals surface area contributed by atoms with Crippen LogP contribution in [0.5, 0.6) is 17.2 Å². The highest BCUT2D eigenvalue weighted by Gasteiger charge is 2.21. The molecule has 0 amide bonds. The van der Waals surface area contributed by atoms with Crippen LogP contribution in [0, 0.1) is 5.92 Å². The maximum absolute atomic E-state index is 9.90. The van der Waals surface area contributed by atoms with Crippen LogP contribution in [0.4, 0.5) is 0 Å². The first-order valence-corrected chi connectivity index (χ1v) is 7.33. The van der Waals surface area contributed by atoms with Crippen molar-refractivity contribution in [2.24, 2.45) is 5.92 Å². The highest BCUT2D eigenvalue weighted by atomic mass is 16.5. The van der Waals surface area contributed by atoms with Gasteiger partial charge in [0.25, 0.3) is 0 Å². The molecular weight excluding hydrogens is 254 g/mol. The maximum Gasteiger partial charge on any atom is 0.200 e. The quantitative estimate of drug-likeness (QED) is 0.869. The van der Waals surface area contributed by atoms with E-state index >= 15 is 0 Å². The molecule has 1 aromatic rings. The first kappa shape index (κ1) is 15.0. The minimum absolute atomic E-state index is 0.0600. The van der Waals surface area contributed by atoms with Crippen molar-refractivity contribution in [1.82, 2.24) is 5.32 Å². The minimum atomic E-state index is 0.0600. The van der Waals surface area contributed by atoms with Gasteiger partial charge in [-0.05, 0) is 36.5 Å². The standard InChI is InChI=1S/C16H25NO3/c1-11-6-4-5-7-13(11)17-10-12-8-14(19-2)16(18)15(9-12)20-3/h8-9,11,13,17-18H,4-7,10H2,1-3H3. The second kappa shape index (κ2) is 6.84. The van der Waals surface area contributed by atoms with Gasteiger partial charge in [-0.3, -0.25) is 0 Å². The summed E-state index contributed by atoms with van der Waals surface area (Å²) in [6, 6.07) is 4.30. The van der Waals surface area contributed by atoms with Crippen LogP contribution >= 0.6 is 0 Å². The SMILES string of the molecule is COc1cc(CNC2CCCCC2C)cc(OC)c1O. The van der Waals surface area contributed by atoms with Gasteiger partial charge in [-0.25, -0.2) is 0 Å². The normalized spacial score (nSPS) is 22.6. The Hall–Kier alpha value is -1.42. The molecule has 1 fully saturated rings. The molecule has 1 aliphatic carbocycles. The molecule has 0 aliphatic heterocycles. The van der Waals surface area contributed by atoms with Gasteiger partial charge in [-0.2, -0.15) is 0 Å². The zero-order valence-electron chi connectivity index (χ0n) is 12.6.